The Bertz CT molecular complexity index is 875. The number of ether oxygens (including phenoxy) is 1. The Morgan fingerprint density at radius 1 is 1.22 bits per heavy atom. The fourth-order valence-corrected chi connectivity index (χ4v) is 4.15. The molecular weight excluding hydrogens is 373 g/mol. The molecule has 0 bridgehead atoms. The molecule has 1 atom stereocenters. The van der Waals surface area contributed by atoms with E-state index in [-0.39, 0.29) is 35.1 Å². The Morgan fingerprint density at radius 2 is 1.93 bits per heavy atom. The van der Waals surface area contributed by atoms with Crippen molar-refractivity contribution < 1.29 is 22.3 Å². The van der Waals surface area contributed by atoms with Crippen molar-refractivity contribution in [1.29, 1.82) is 0 Å². The highest BCUT2D eigenvalue weighted by Crippen LogP contribution is 2.17. The average molecular weight is 393 g/mol. The summed E-state index contributed by atoms with van der Waals surface area (Å²) in [6.07, 6.45) is 3.08. The minimum atomic E-state index is -3.49. The summed E-state index contributed by atoms with van der Waals surface area (Å²) < 4.78 is 43.1. The van der Waals surface area contributed by atoms with Crippen LogP contribution < -0.4 is 4.74 Å². The van der Waals surface area contributed by atoms with E-state index in [0.717, 1.165) is 18.8 Å². The summed E-state index contributed by atoms with van der Waals surface area (Å²) in [5, 5.41) is 0. The molecule has 0 radical (unpaired) electrons. The Morgan fingerprint density at radius 3 is 2.63 bits per heavy atom. The number of likely N-dealkylation sites (tertiary alicyclic amines) is 1. The van der Waals surface area contributed by atoms with Gasteiger partial charge >= 0.3 is 6.01 Å². The first kappa shape index (κ1) is 19.2. The zero-order chi connectivity index (χ0) is 19.3. The number of hydrogen-bond acceptors (Lipinski definition) is 6. The minimum absolute atomic E-state index is 0.0577. The van der Waals surface area contributed by atoms with Crippen molar-refractivity contribution in [1.82, 2.24) is 14.9 Å². The fraction of sp³-hybridized carbons (Fsp3) is 0.389. The molecule has 9 heteroatoms. The predicted molar refractivity (Wildman–Crippen MR) is 95.3 cm³/mol. The zero-order valence-corrected chi connectivity index (χ0v) is 15.4. The molecule has 1 aliphatic rings. The van der Waals surface area contributed by atoms with Gasteiger partial charge in [0.2, 0.25) is 5.91 Å². The smallest absolute Gasteiger partial charge is 0.316 e. The molecule has 2 heterocycles. The monoisotopic (exact) mass is 393 g/mol. The van der Waals surface area contributed by atoms with Crippen LogP contribution in [0.2, 0.25) is 0 Å². The average Bonchev–Trinajstić information content (AvgIpc) is 2.69. The highest BCUT2D eigenvalue weighted by molar-refractivity contribution is 7.91. The molecule has 144 valence electrons. The molecule has 0 saturated carbocycles. The van der Waals surface area contributed by atoms with Crippen molar-refractivity contribution in [2.75, 3.05) is 18.8 Å². The van der Waals surface area contributed by atoms with Crippen LogP contribution in [0.4, 0.5) is 4.39 Å². The Labute approximate surface area is 157 Å². The number of rotatable bonds is 6. The lowest BCUT2D eigenvalue weighted by molar-refractivity contribution is -0.133. The molecule has 0 spiro atoms. The summed E-state index contributed by atoms with van der Waals surface area (Å²) in [4.78, 5) is 21.8. The lowest BCUT2D eigenvalue weighted by Crippen LogP contribution is -2.44. The molecule has 0 unspecified atom stereocenters. The number of carbonyl (C=O) groups is 1. The number of halogens is 1. The van der Waals surface area contributed by atoms with E-state index in [1.54, 1.807) is 23.1 Å². The summed E-state index contributed by atoms with van der Waals surface area (Å²) in [6, 6.07) is 8.14. The van der Waals surface area contributed by atoms with E-state index >= 15 is 0 Å². The van der Waals surface area contributed by atoms with Crippen LogP contribution >= 0.6 is 0 Å². The number of carbonyl (C=O) groups excluding carboxylic acids is 1. The largest absolute Gasteiger partial charge is 0.458 e. The van der Waals surface area contributed by atoms with E-state index in [1.165, 1.54) is 12.1 Å². The molecule has 0 aliphatic carbocycles. The van der Waals surface area contributed by atoms with Gasteiger partial charge in [0.05, 0.1) is 29.6 Å². The number of sulfone groups is 1. The van der Waals surface area contributed by atoms with Gasteiger partial charge < -0.3 is 9.64 Å². The Balaban J connectivity index is 1.54. The molecule has 1 aliphatic heterocycles. The van der Waals surface area contributed by atoms with Crippen LogP contribution in [0.1, 0.15) is 19.3 Å². The first-order valence-corrected chi connectivity index (χ1v) is 10.3. The number of hydrogen-bond donors (Lipinski definition) is 0. The maximum Gasteiger partial charge on any atom is 0.316 e. The van der Waals surface area contributed by atoms with Gasteiger partial charge in [-0.15, -0.1) is 0 Å². The molecule has 0 N–H and O–H groups in total. The summed E-state index contributed by atoms with van der Waals surface area (Å²) in [5.74, 6) is -1.02. The van der Waals surface area contributed by atoms with Crippen LogP contribution in [0.15, 0.2) is 47.6 Å². The van der Waals surface area contributed by atoms with Gasteiger partial charge in [-0.3, -0.25) is 4.79 Å². The van der Waals surface area contributed by atoms with E-state index in [2.05, 4.69) is 9.97 Å². The second kappa shape index (κ2) is 8.43. The van der Waals surface area contributed by atoms with Gasteiger partial charge in [-0.2, -0.15) is 0 Å². The number of amides is 1. The van der Waals surface area contributed by atoms with Gasteiger partial charge in [-0.1, -0.05) is 18.2 Å². The topological polar surface area (TPSA) is 89.5 Å². The first-order chi connectivity index (χ1) is 12.9. The number of nitrogens with zero attached hydrogens (tertiary/aromatic N) is 3. The van der Waals surface area contributed by atoms with Crippen LogP contribution in [0.5, 0.6) is 6.01 Å². The van der Waals surface area contributed by atoms with Crippen molar-refractivity contribution >= 4 is 15.7 Å². The summed E-state index contributed by atoms with van der Waals surface area (Å²) in [6.45, 7) is 0.874. The highest BCUT2D eigenvalue weighted by atomic mass is 32.2. The maximum atomic E-state index is 12.9. The van der Waals surface area contributed by atoms with Gasteiger partial charge in [0, 0.05) is 13.0 Å². The normalized spacial score (nSPS) is 17.5. The fourth-order valence-electron chi connectivity index (χ4n) is 2.90. The van der Waals surface area contributed by atoms with E-state index < -0.39 is 15.7 Å². The standard InChI is InChI=1S/C18H20FN3O4S/c19-14-11-20-18(21-12-14)26-15-5-4-9-22(13-15)17(23)8-10-27(24,25)16-6-2-1-3-7-16/h1-3,6-7,11-12,15H,4-5,8-10,13H2/t15-/m1/s1. The third kappa shape index (κ3) is 5.22. The van der Waals surface area contributed by atoms with E-state index in [1.807, 2.05) is 0 Å². The minimum Gasteiger partial charge on any atom is -0.458 e. The molecule has 1 amide bonds. The van der Waals surface area contributed by atoms with Crippen LogP contribution in [0.25, 0.3) is 0 Å². The van der Waals surface area contributed by atoms with Gasteiger partial charge in [0.15, 0.2) is 15.7 Å². The first-order valence-electron chi connectivity index (χ1n) is 8.64. The van der Waals surface area contributed by atoms with Gasteiger partial charge in [-0.25, -0.2) is 22.8 Å². The zero-order valence-electron chi connectivity index (χ0n) is 14.6. The van der Waals surface area contributed by atoms with Crippen molar-refractivity contribution in [3.63, 3.8) is 0 Å². The summed E-state index contributed by atoms with van der Waals surface area (Å²) >= 11 is 0. The lowest BCUT2D eigenvalue weighted by atomic mass is 10.1. The van der Waals surface area contributed by atoms with E-state index in [4.69, 9.17) is 4.74 Å². The van der Waals surface area contributed by atoms with Crippen LogP contribution in [-0.4, -0.2) is 54.1 Å². The molecule has 1 fully saturated rings. The summed E-state index contributed by atoms with van der Waals surface area (Å²) in [7, 11) is -3.49. The number of piperidine rings is 1. The lowest BCUT2D eigenvalue weighted by Gasteiger charge is -2.32. The molecule has 3 rings (SSSR count). The molecule has 2 aromatic rings. The van der Waals surface area contributed by atoms with Crippen LogP contribution in [0, 0.1) is 5.82 Å². The predicted octanol–water partition coefficient (Wildman–Crippen LogP) is 1.85. The second-order valence-corrected chi connectivity index (χ2v) is 8.40. The third-order valence-electron chi connectivity index (χ3n) is 4.29. The third-order valence-corrected chi connectivity index (χ3v) is 6.02. The SMILES string of the molecule is O=C(CCS(=O)(=O)c1ccccc1)N1CCC[C@@H](Oc2ncc(F)cn2)C1. The summed E-state index contributed by atoms with van der Waals surface area (Å²) in [5.41, 5.74) is 0. The van der Waals surface area contributed by atoms with Crippen molar-refractivity contribution in [2.45, 2.75) is 30.3 Å². The second-order valence-electron chi connectivity index (χ2n) is 6.29. The van der Waals surface area contributed by atoms with Gasteiger partial charge in [0.1, 0.15) is 6.10 Å². The quantitative estimate of drug-likeness (QED) is 0.744. The van der Waals surface area contributed by atoms with Gasteiger partial charge in [-0.05, 0) is 25.0 Å². The van der Waals surface area contributed by atoms with Crippen LogP contribution in [-0.2, 0) is 14.6 Å². The Kier molecular flexibility index (Phi) is 6.00. The van der Waals surface area contributed by atoms with Crippen LogP contribution in [0.3, 0.4) is 0 Å². The molecule has 1 saturated heterocycles. The molecular formula is C18H20FN3O4S. The molecule has 1 aromatic heterocycles. The van der Waals surface area contributed by atoms with E-state index in [9.17, 15) is 17.6 Å². The van der Waals surface area contributed by atoms with Crippen molar-refractivity contribution in [2.24, 2.45) is 0 Å². The van der Waals surface area contributed by atoms with Crippen molar-refractivity contribution in [3.05, 3.63) is 48.5 Å². The molecule has 27 heavy (non-hydrogen) atoms. The van der Waals surface area contributed by atoms with E-state index in [0.29, 0.717) is 19.5 Å². The van der Waals surface area contributed by atoms with Crippen molar-refractivity contribution in [3.8, 4) is 6.01 Å². The number of aromatic nitrogens is 2. The maximum absolute atomic E-state index is 12.9. The number of benzene rings is 1. The highest BCUT2D eigenvalue weighted by Gasteiger charge is 2.26. The Hall–Kier alpha value is -2.55. The molecule has 7 nitrogen and oxygen atoms in total. The van der Waals surface area contributed by atoms with Gasteiger partial charge in [0.25, 0.3) is 0 Å². The molecule has 1 aromatic carbocycles.